The van der Waals surface area contributed by atoms with Crippen molar-refractivity contribution in [1.82, 2.24) is 25.9 Å². The maximum Gasteiger partial charge on any atom is 0.326 e. The van der Waals surface area contributed by atoms with Crippen LogP contribution in [-0.4, -0.2) is 86.0 Å². The first-order valence-corrected chi connectivity index (χ1v) is 12.4. The summed E-state index contributed by atoms with van der Waals surface area (Å²) >= 11 is 1.53. The van der Waals surface area contributed by atoms with Gasteiger partial charge in [0.2, 0.25) is 17.7 Å². The third-order valence-corrected chi connectivity index (χ3v) is 5.73. The molecule has 1 aromatic rings. The molecule has 1 aromatic heterocycles. The number of H-pyrrole nitrogens is 1. The standard InChI is InChI=1S/C21H34N6O7S/c1-11(2)17(27-18(30)13(22)6-7-35-3)20(32)25-14(4-5-16(28)29)19(31)26-15(21(33)34)8-12-9-23-10-24-12/h9-11,13-15,17H,4-8,22H2,1-3H3,(H,23,24)(H,25,32)(H,26,31)(H,27,30)(H,28,29)(H,33,34). The van der Waals surface area contributed by atoms with Crippen LogP contribution in [0.1, 0.15) is 38.8 Å². The lowest BCUT2D eigenvalue weighted by Gasteiger charge is -2.26. The van der Waals surface area contributed by atoms with Crippen molar-refractivity contribution in [3.05, 3.63) is 18.2 Å². The molecular weight excluding hydrogens is 480 g/mol. The first kappa shape index (κ1) is 29.9. The number of hydrogen-bond donors (Lipinski definition) is 7. The summed E-state index contributed by atoms with van der Waals surface area (Å²) in [5.41, 5.74) is 6.33. The molecule has 0 spiro atoms. The molecule has 0 bridgehead atoms. The number of nitrogens with zero attached hydrogens (tertiary/aromatic N) is 1. The van der Waals surface area contributed by atoms with Gasteiger partial charge in [0, 0.05) is 24.7 Å². The van der Waals surface area contributed by atoms with Gasteiger partial charge in [-0.15, -0.1) is 0 Å². The van der Waals surface area contributed by atoms with Gasteiger partial charge in [0.05, 0.1) is 12.4 Å². The molecule has 35 heavy (non-hydrogen) atoms. The maximum atomic E-state index is 13.0. The maximum absolute atomic E-state index is 13.0. The third kappa shape index (κ3) is 10.8. The fourth-order valence-electron chi connectivity index (χ4n) is 3.06. The Kier molecular flexibility index (Phi) is 12.8. The van der Waals surface area contributed by atoms with Gasteiger partial charge in [-0.05, 0) is 30.8 Å². The largest absolute Gasteiger partial charge is 0.481 e. The van der Waals surface area contributed by atoms with Gasteiger partial charge < -0.3 is 36.9 Å². The van der Waals surface area contributed by atoms with Gasteiger partial charge in [0.1, 0.15) is 18.1 Å². The molecule has 14 heteroatoms. The molecule has 13 nitrogen and oxygen atoms in total. The van der Waals surface area contributed by atoms with Crippen LogP contribution in [0.5, 0.6) is 0 Å². The molecule has 8 N–H and O–H groups in total. The lowest BCUT2D eigenvalue weighted by molar-refractivity contribution is -0.143. The molecule has 0 aliphatic rings. The second kappa shape index (κ2) is 15.0. The number of carbonyl (C=O) groups is 5. The van der Waals surface area contributed by atoms with E-state index in [1.54, 1.807) is 13.8 Å². The third-order valence-electron chi connectivity index (χ3n) is 5.09. The fourth-order valence-corrected chi connectivity index (χ4v) is 3.55. The van der Waals surface area contributed by atoms with Gasteiger partial charge in [-0.25, -0.2) is 9.78 Å². The lowest BCUT2D eigenvalue weighted by Crippen LogP contribution is -2.58. The van der Waals surface area contributed by atoms with Crippen LogP contribution in [0.2, 0.25) is 0 Å². The molecule has 4 unspecified atom stereocenters. The van der Waals surface area contributed by atoms with Crippen LogP contribution in [0.25, 0.3) is 0 Å². The van der Waals surface area contributed by atoms with E-state index in [0.717, 1.165) is 0 Å². The van der Waals surface area contributed by atoms with Crippen molar-refractivity contribution in [2.24, 2.45) is 11.7 Å². The van der Waals surface area contributed by atoms with Crippen LogP contribution < -0.4 is 21.7 Å². The van der Waals surface area contributed by atoms with Crippen LogP contribution in [-0.2, 0) is 30.4 Å². The van der Waals surface area contributed by atoms with E-state index in [0.29, 0.717) is 17.9 Å². The van der Waals surface area contributed by atoms with E-state index in [1.165, 1.54) is 24.3 Å². The number of aromatic amines is 1. The number of amides is 3. The highest BCUT2D eigenvalue weighted by Crippen LogP contribution is 2.08. The van der Waals surface area contributed by atoms with Crippen molar-refractivity contribution in [2.75, 3.05) is 12.0 Å². The number of carboxylic acid groups (broad SMARTS) is 2. The Hall–Kier alpha value is -3.13. The van der Waals surface area contributed by atoms with Crippen molar-refractivity contribution < 1.29 is 34.2 Å². The summed E-state index contributed by atoms with van der Waals surface area (Å²) in [6, 6.07) is -4.54. The lowest BCUT2D eigenvalue weighted by atomic mass is 10.0. The molecule has 3 amide bonds. The molecule has 0 radical (unpaired) electrons. The van der Waals surface area contributed by atoms with E-state index < -0.39 is 60.2 Å². The number of thioether (sulfide) groups is 1. The summed E-state index contributed by atoms with van der Waals surface area (Å²) in [6.45, 7) is 3.38. The Morgan fingerprint density at radius 3 is 2.20 bits per heavy atom. The number of nitrogens with two attached hydrogens (primary N) is 1. The van der Waals surface area contributed by atoms with E-state index in [9.17, 15) is 29.1 Å². The van der Waals surface area contributed by atoms with Crippen LogP contribution in [0.15, 0.2) is 12.5 Å². The Bertz CT molecular complexity index is 864. The van der Waals surface area contributed by atoms with Gasteiger partial charge in [0.15, 0.2) is 0 Å². The summed E-state index contributed by atoms with van der Waals surface area (Å²) in [6.07, 6.45) is 4.23. The predicted molar refractivity (Wildman–Crippen MR) is 128 cm³/mol. The fraction of sp³-hybridized carbons (Fsp3) is 0.619. The number of imidazole rings is 1. The summed E-state index contributed by atoms with van der Waals surface area (Å²) in [5, 5.41) is 25.9. The van der Waals surface area contributed by atoms with Crippen molar-refractivity contribution >= 4 is 41.4 Å². The number of nitrogens with one attached hydrogen (secondary N) is 4. The predicted octanol–water partition coefficient (Wildman–Crippen LogP) is -0.908. The Morgan fingerprint density at radius 2 is 1.69 bits per heavy atom. The second-order valence-electron chi connectivity index (χ2n) is 8.29. The van der Waals surface area contributed by atoms with Crippen LogP contribution >= 0.6 is 11.8 Å². The van der Waals surface area contributed by atoms with Gasteiger partial charge in [0.25, 0.3) is 0 Å². The molecule has 0 aromatic carbocycles. The zero-order valence-corrected chi connectivity index (χ0v) is 20.8. The van der Waals surface area contributed by atoms with Crippen LogP contribution in [0.3, 0.4) is 0 Å². The molecule has 1 heterocycles. The minimum absolute atomic E-state index is 0.0979. The van der Waals surface area contributed by atoms with E-state index in [2.05, 4.69) is 25.9 Å². The minimum atomic E-state index is -1.35. The second-order valence-corrected chi connectivity index (χ2v) is 9.28. The smallest absolute Gasteiger partial charge is 0.326 e. The zero-order valence-electron chi connectivity index (χ0n) is 19.9. The normalized spacial score (nSPS) is 14.4. The molecule has 4 atom stereocenters. The van der Waals surface area contributed by atoms with Gasteiger partial charge in [-0.1, -0.05) is 13.8 Å². The molecule has 0 fully saturated rings. The first-order chi connectivity index (χ1) is 16.5. The van der Waals surface area contributed by atoms with Crippen molar-refractivity contribution in [3.63, 3.8) is 0 Å². The summed E-state index contributed by atoms with van der Waals surface area (Å²) in [7, 11) is 0. The molecular formula is C21H34N6O7S. The topological polar surface area (TPSA) is 217 Å². The summed E-state index contributed by atoms with van der Waals surface area (Å²) in [4.78, 5) is 67.5. The first-order valence-electron chi connectivity index (χ1n) is 11.0. The van der Waals surface area contributed by atoms with Crippen LogP contribution in [0.4, 0.5) is 0 Å². The molecule has 0 aliphatic heterocycles. The minimum Gasteiger partial charge on any atom is -0.481 e. The summed E-state index contributed by atoms with van der Waals surface area (Å²) in [5.74, 6) is -4.32. The van der Waals surface area contributed by atoms with Gasteiger partial charge in [-0.3, -0.25) is 19.2 Å². The van der Waals surface area contributed by atoms with E-state index in [1.807, 2.05) is 6.26 Å². The Balaban J connectivity index is 2.95. The number of hydrogen-bond acceptors (Lipinski definition) is 8. The highest BCUT2D eigenvalue weighted by Gasteiger charge is 2.32. The Morgan fingerprint density at radius 1 is 1.03 bits per heavy atom. The van der Waals surface area contributed by atoms with Crippen LogP contribution in [0, 0.1) is 5.92 Å². The molecule has 0 saturated carbocycles. The average molecular weight is 515 g/mol. The van der Waals surface area contributed by atoms with E-state index in [4.69, 9.17) is 10.8 Å². The number of rotatable bonds is 16. The number of aliphatic carboxylic acids is 2. The van der Waals surface area contributed by atoms with E-state index >= 15 is 0 Å². The number of carboxylic acids is 2. The highest BCUT2D eigenvalue weighted by atomic mass is 32.2. The molecule has 0 aliphatic carbocycles. The molecule has 196 valence electrons. The Labute approximate surface area is 207 Å². The average Bonchev–Trinajstić information content (AvgIpc) is 3.30. The van der Waals surface area contributed by atoms with Crippen molar-refractivity contribution in [1.29, 1.82) is 0 Å². The molecule has 0 saturated heterocycles. The quantitative estimate of drug-likeness (QED) is 0.144. The SMILES string of the molecule is CSCCC(N)C(=O)NC(C(=O)NC(CCC(=O)O)C(=O)NC(Cc1cnc[nH]1)C(=O)O)C(C)C. The van der Waals surface area contributed by atoms with E-state index in [-0.39, 0.29) is 18.8 Å². The van der Waals surface area contributed by atoms with Gasteiger partial charge >= 0.3 is 11.9 Å². The monoisotopic (exact) mass is 514 g/mol. The van der Waals surface area contributed by atoms with Crippen molar-refractivity contribution in [3.8, 4) is 0 Å². The number of carbonyl (C=O) groups excluding carboxylic acids is 3. The number of aromatic nitrogens is 2. The zero-order chi connectivity index (χ0) is 26.5. The summed E-state index contributed by atoms with van der Waals surface area (Å²) < 4.78 is 0. The molecule has 1 rings (SSSR count). The van der Waals surface area contributed by atoms with Crippen molar-refractivity contribution in [2.45, 2.75) is 63.7 Å². The van der Waals surface area contributed by atoms with Gasteiger partial charge in [-0.2, -0.15) is 11.8 Å². The highest BCUT2D eigenvalue weighted by molar-refractivity contribution is 7.98.